The third-order valence-electron chi connectivity index (χ3n) is 2.82. The van der Waals surface area contributed by atoms with Gasteiger partial charge in [-0.2, -0.15) is 0 Å². The second kappa shape index (κ2) is 6.98. The summed E-state index contributed by atoms with van der Waals surface area (Å²) in [6.45, 7) is 6.27. The maximum atomic E-state index is 12.0. The van der Waals surface area contributed by atoms with E-state index in [9.17, 15) is 4.79 Å². The number of halogens is 1. The molecule has 1 aromatic rings. The molecule has 19 heavy (non-hydrogen) atoms. The predicted molar refractivity (Wildman–Crippen MR) is 82.8 cm³/mol. The summed E-state index contributed by atoms with van der Waals surface area (Å²) in [6.07, 6.45) is 1.06. The van der Waals surface area contributed by atoms with Crippen molar-refractivity contribution in [3.05, 3.63) is 35.4 Å². The molecule has 1 aromatic carbocycles. The van der Waals surface area contributed by atoms with Gasteiger partial charge < -0.3 is 0 Å². The van der Waals surface area contributed by atoms with Gasteiger partial charge in [-0.1, -0.05) is 0 Å². The van der Waals surface area contributed by atoms with Crippen molar-refractivity contribution < 1.29 is 7.87 Å². The average Bonchev–Trinajstić information content (AvgIpc) is 2.26. The molecule has 106 valence electrons. The monoisotopic (exact) mass is 390 g/mol. The Balaban J connectivity index is 2.72. The SMILES string of the molecule is CC(C)Cc1ccc(C(C)C(=O)[O][Sn]([CH3])([CH3])[Cl])cc1. The van der Waals surface area contributed by atoms with Gasteiger partial charge in [-0.05, 0) is 0 Å². The summed E-state index contributed by atoms with van der Waals surface area (Å²) < 4.78 is 5.39. The van der Waals surface area contributed by atoms with Gasteiger partial charge in [0.15, 0.2) is 0 Å². The molecule has 0 saturated heterocycles. The van der Waals surface area contributed by atoms with Gasteiger partial charge in [-0.25, -0.2) is 0 Å². The second-order valence-electron chi connectivity index (χ2n) is 5.85. The van der Waals surface area contributed by atoms with Crippen molar-refractivity contribution in [2.24, 2.45) is 5.92 Å². The molecule has 0 radical (unpaired) electrons. The summed E-state index contributed by atoms with van der Waals surface area (Å²) in [5, 5.41) is 0. The first-order valence-electron chi connectivity index (χ1n) is 6.69. The molecule has 0 fully saturated rings. The number of rotatable bonds is 5. The molecular formula is C15H23ClO2Sn. The molecule has 0 aromatic heterocycles. The quantitative estimate of drug-likeness (QED) is 0.695. The van der Waals surface area contributed by atoms with Gasteiger partial charge in [-0.3, -0.25) is 0 Å². The van der Waals surface area contributed by atoms with Crippen LogP contribution in [0.3, 0.4) is 0 Å². The van der Waals surface area contributed by atoms with Crippen LogP contribution >= 0.6 is 8.92 Å². The van der Waals surface area contributed by atoms with Crippen LogP contribution in [0.2, 0.25) is 9.88 Å². The van der Waals surface area contributed by atoms with Crippen LogP contribution in [-0.4, -0.2) is 23.6 Å². The molecular weight excluding hydrogens is 366 g/mol. The second-order valence-corrected chi connectivity index (χ2v) is 20.3. The Labute approximate surface area is 124 Å². The molecule has 0 amide bonds. The van der Waals surface area contributed by atoms with Crippen LogP contribution in [0.1, 0.15) is 37.8 Å². The van der Waals surface area contributed by atoms with Gasteiger partial charge in [0.1, 0.15) is 0 Å². The van der Waals surface area contributed by atoms with E-state index in [0.717, 1.165) is 12.0 Å². The molecule has 0 aliphatic heterocycles. The third kappa shape index (κ3) is 6.17. The van der Waals surface area contributed by atoms with Crippen molar-refractivity contribution in [2.75, 3.05) is 0 Å². The van der Waals surface area contributed by atoms with E-state index in [1.54, 1.807) is 0 Å². The van der Waals surface area contributed by atoms with E-state index in [-0.39, 0.29) is 11.9 Å². The fourth-order valence-corrected chi connectivity index (χ4v) is 4.26. The van der Waals surface area contributed by atoms with E-state index in [4.69, 9.17) is 12.0 Å². The van der Waals surface area contributed by atoms with Crippen LogP contribution < -0.4 is 0 Å². The Morgan fingerprint density at radius 2 is 1.74 bits per heavy atom. The van der Waals surface area contributed by atoms with E-state index < -0.39 is 17.7 Å². The first-order valence-corrected chi connectivity index (χ1v) is 17.2. The van der Waals surface area contributed by atoms with Gasteiger partial charge in [0.2, 0.25) is 0 Å². The van der Waals surface area contributed by atoms with Gasteiger partial charge in [0.25, 0.3) is 0 Å². The van der Waals surface area contributed by atoms with Gasteiger partial charge in [0.05, 0.1) is 0 Å². The van der Waals surface area contributed by atoms with Crippen LogP contribution in [0, 0.1) is 5.92 Å². The summed E-state index contributed by atoms with van der Waals surface area (Å²) in [4.78, 5) is 15.7. The van der Waals surface area contributed by atoms with Gasteiger partial charge >= 0.3 is 125 Å². The van der Waals surface area contributed by atoms with Crippen molar-refractivity contribution in [1.29, 1.82) is 0 Å². The van der Waals surface area contributed by atoms with E-state index in [1.807, 2.05) is 28.9 Å². The van der Waals surface area contributed by atoms with Crippen molar-refractivity contribution in [3.63, 3.8) is 0 Å². The van der Waals surface area contributed by atoms with Crippen molar-refractivity contribution in [3.8, 4) is 0 Å². The van der Waals surface area contributed by atoms with Gasteiger partial charge in [-0.15, -0.1) is 0 Å². The first-order chi connectivity index (χ1) is 8.69. The molecule has 0 saturated carbocycles. The minimum absolute atomic E-state index is 0.201. The normalized spacial score (nSPS) is 13.4. The number of hydrogen-bond acceptors (Lipinski definition) is 2. The zero-order valence-corrected chi connectivity index (χ0v) is 16.0. The van der Waals surface area contributed by atoms with Crippen LogP contribution in [-0.2, 0) is 14.3 Å². The van der Waals surface area contributed by atoms with Crippen molar-refractivity contribution >= 4 is 32.6 Å². The molecule has 4 heteroatoms. The fraction of sp³-hybridized carbons (Fsp3) is 0.533. The summed E-state index contributed by atoms with van der Waals surface area (Å²) >= 11 is -3.03. The number of hydrogen-bond donors (Lipinski definition) is 0. The number of benzene rings is 1. The number of carbonyl (C=O) groups excluding carboxylic acids is 1. The Kier molecular flexibility index (Phi) is 6.18. The minimum atomic E-state index is -3.03. The van der Waals surface area contributed by atoms with E-state index in [1.165, 1.54) is 5.56 Å². The molecule has 1 atom stereocenters. The van der Waals surface area contributed by atoms with Crippen LogP contribution in [0.4, 0.5) is 0 Å². The summed E-state index contributed by atoms with van der Waals surface area (Å²) in [5.74, 6) is 0.189. The molecule has 0 spiro atoms. The molecule has 0 aliphatic rings. The standard InChI is InChI=1S/C13H18O2.2CH3.ClH.Sn/c1-9(2)8-11-4-6-12(7-5-11)10(3)13(14)15;;;;/h4-7,9-10H,8H2,1-3H3,(H,14,15);2*1H3;1H;/q;;;;+2/p-2. The Hall–Kier alpha value is -0.221. The number of carbonyl (C=O) groups is 1. The van der Waals surface area contributed by atoms with Gasteiger partial charge in [0, 0.05) is 0 Å². The van der Waals surface area contributed by atoms with E-state index in [0.29, 0.717) is 5.92 Å². The molecule has 1 unspecified atom stereocenters. The molecule has 0 heterocycles. The first kappa shape index (κ1) is 16.8. The molecule has 2 nitrogen and oxygen atoms in total. The molecule has 1 rings (SSSR count). The van der Waals surface area contributed by atoms with Crippen molar-refractivity contribution in [2.45, 2.75) is 43.0 Å². The van der Waals surface area contributed by atoms with Crippen LogP contribution in [0.5, 0.6) is 0 Å². The van der Waals surface area contributed by atoms with E-state index >= 15 is 0 Å². The molecule has 0 N–H and O–H groups in total. The Morgan fingerprint density at radius 3 is 2.16 bits per heavy atom. The van der Waals surface area contributed by atoms with Crippen molar-refractivity contribution in [1.82, 2.24) is 0 Å². The predicted octanol–water partition coefficient (Wildman–Crippen LogP) is 4.47. The Morgan fingerprint density at radius 1 is 1.21 bits per heavy atom. The summed E-state index contributed by atoms with van der Waals surface area (Å²) in [7, 11) is 6.11. The third-order valence-corrected chi connectivity index (χ3v) is 5.30. The topological polar surface area (TPSA) is 26.3 Å². The summed E-state index contributed by atoms with van der Waals surface area (Å²) in [5.41, 5.74) is 2.29. The average molecular weight is 390 g/mol. The molecule has 0 bridgehead atoms. The zero-order chi connectivity index (χ0) is 14.6. The van der Waals surface area contributed by atoms with E-state index in [2.05, 4.69) is 26.0 Å². The van der Waals surface area contributed by atoms with Crippen LogP contribution in [0.15, 0.2) is 24.3 Å². The maximum absolute atomic E-state index is 12.0. The molecule has 0 aliphatic carbocycles. The fourth-order valence-electron chi connectivity index (χ4n) is 1.88. The van der Waals surface area contributed by atoms with Crippen LogP contribution in [0.25, 0.3) is 0 Å². The Bertz CT molecular complexity index is 421. The summed E-state index contributed by atoms with van der Waals surface area (Å²) in [6, 6.07) is 8.21. The zero-order valence-electron chi connectivity index (χ0n) is 12.4.